The third-order valence-corrected chi connectivity index (χ3v) is 3.55. The molecule has 2 N–H and O–H groups in total. The Labute approximate surface area is 119 Å². The fourth-order valence-electron chi connectivity index (χ4n) is 1.78. The SMILES string of the molecule is C[C@@H](NCc1ccc(C(=O)O)o1)c1ccccc1Br. The second kappa shape index (κ2) is 6.04. The minimum Gasteiger partial charge on any atom is -0.475 e. The Bertz CT molecular complexity index is 580. The summed E-state index contributed by atoms with van der Waals surface area (Å²) in [6.45, 7) is 2.52. The van der Waals surface area contributed by atoms with Gasteiger partial charge < -0.3 is 14.8 Å². The van der Waals surface area contributed by atoms with E-state index in [4.69, 9.17) is 9.52 Å². The Morgan fingerprint density at radius 3 is 2.74 bits per heavy atom. The number of hydrogen-bond donors (Lipinski definition) is 2. The Morgan fingerprint density at radius 2 is 2.11 bits per heavy atom. The molecule has 0 spiro atoms. The average Bonchev–Trinajstić information content (AvgIpc) is 2.85. The summed E-state index contributed by atoms with van der Waals surface area (Å²) in [5.41, 5.74) is 1.15. The van der Waals surface area contributed by atoms with Gasteiger partial charge in [0.05, 0.1) is 6.54 Å². The lowest BCUT2D eigenvalue weighted by atomic mass is 10.1. The number of carbonyl (C=O) groups is 1. The smallest absolute Gasteiger partial charge is 0.371 e. The van der Waals surface area contributed by atoms with Crippen molar-refractivity contribution in [3.8, 4) is 0 Å². The van der Waals surface area contributed by atoms with Crippen molar-refractivity contribution in [1.29, 1.82) is 0 Å². The predicted molar refractivity (Wildman–Crippen MR) is 75.1 cm³/mol. The summed E-state index contributed by atoms with van der Waals surface area (Å²) in [6.07, 6.45) is 0. The number of carboxylic acid groups (broad SMARTS) is 1. The molecule has 1 heterocycles. The summed E-state index contributed by atoms with van der Waals surface area (Å²) in [7, 11) is 0. The molecule has 1 aromatic carbocycles. The van der Waals surface area contributed by atoms with Gasteiger partial charge in [-0.1, -0.05) is 34.1 Å². The number of rotatable bonds is 5. The van der Waals surface area contributed by atoms with Crippen molar-refractivity contribution in [2.24, 2.45) is 0 Å². The van der Waals surface area contributed by atoms with Crippen LogP contribution in [0.3, 0.4) is 0 Å². The molecular formula is C14H14BrNO3. The van der Waals surface area contributed by atoms with E-state index in [2.05, 4.69) is 21.2 Å². The fraction of sp³-hybridized carbons (Fsp3) is 0.214. The number of furan rings is 1. The molecule has 1 aromatic heterocycles. The fourth-order valence-corrected chi connectivity index (χ4v) is 2.41. The first-order valence-electron chi connectivity index (χ1n) is 5.87. The zero-order valence-corrected chi connectivity index (χ0v) is 12.0. The molecule has 5 heteroatoms. The molecule has 2 aromatic rings. The van der Waals surface area contributed by atoms with E-state index in [1.54, 1.807) is 6.07 Å². The molecular weight excluding hydrogens is 310 g/mol. The van der Waals surface area contributed by atoms with Gasteiger partial charge in [0.25, 0.3) is 0 Å². The molecule has 0 aliphatic carbocycles. The number of hydrogen-bond acceptors (Lipinski definition) is 3. The second-order valence-electron chi connectivity index (χ2n) is 4.20. The molecule has 0 fully saturated rings. The summed E-state index contributed by atoms with van der Waals surface area (Å²) < 4.78 is 6.23. The molecule has 4 nitrogen and oxygen atoms in total. The normalized spacial score (nSPS) is 12.3. The zero-order valence-electron chi connectivity index (χ0n) is 10.4. The first kappa shape index (κ1) is 13.8. The Kier molecular flexibility index (Phi) is 4.39. The highest BCUT2D eigenvalue weighted by Crippen LogP contribution is 2.23. The molecule has 0 radical (unpaired) electrons. The van der Waals surface area contributed by atoms with Crippen LogP contribution in [0.15, 0.2) is 45.3 Å². The maximum atomic E-state index is 10.7. The highest BCUT2D eigenvalue weighted by molar-refractivity contribution is 9.10. The molecule has 0 aliphatic rings. The molecule has 0 saturated carbocycles. The van der Waals surface area contributed by atoms with E-state index in [-0.39, 0.29) is 11.8 Å². The van der Waals surface area contributed by atoms with Crippen molar-refractivity contribution >= 4 is 21.9 Å². The van der Waals surface area contributed by atoms with E-state index >= 15 is 0 Å². The summed E-state index contributed by atoms with van der Waals surface area (Å²) in [5, 5.41) is 12.1. The van der Waals surface area contributed by atoms with Crippen molar-refractivity contribution < 1.29 is 14.3 Å². The first-order valence-corrected chi connectivity index (χ1v) is 6.67. The lowest BCUT2D eigenvalue weighted by Crippen LogP contribution is -2.18. The first-order chi connectivity index (χ1) is 9.08. The minimum atomic E-state index is -1.05. The van der Waals surface area contributed by atoms with Crippen LogP contribution in [0.2, 0.25) is 0 Å². The van der Waals surface area contributed by atoms with E-state index in [1.165, 1.54) is 6.07 Å². The summed E-state index contributed by atoms with van der Waals surface area (Å²) in [6, 6.07) is 11.2. The highest BCUT2D eigenvalue weighted by Gasteiger charge is 2.11. The number of halogens is 1. The van der Waals surface area contributed by atoms with E-state index in [0.29, 0.717) is 12.3 Å². The largest absolute Gasteiger partial charge is 0.475 e. The molecule has 0 bridgehead atoms. The van der Waals surface area contributed by atoms with Crippen molar-refractivity contribution in [1.82, 2.24) is 5.32 Å². The van der Waals surface area contributed by atoms with Crippen LogP contribution in [0.5, 0.6) is 0 Å². The predicted octanol–water partition coefficient (Wildman–Crippen LogP) is 3.59. The van der Waals surface area contributed by atoms with Crippen LogP contribution >= 0.6 is 15.9 Å². The average molecular weight is 324 g/mol. The van der Waals surface area contributed by atoms with E-state index in [0.717, 1.165) is 10.0 Å². The van der Waals surface area contributed by atoms with Crippen molar-refractivity contribution in [3.63, 3.8) is 0 Å². The van der Waals surface area contributed by atoms with Crippen LogP contribution in [-0.4, -0.2) is 11.1 Å². The number of aromatic carboxylic acids is 1. The third-order valence-electron chi connectivity index (χ3n) is 2.83. The van der Waals surface area contributed by atoms with Crippen LogP contribution in [0.25, 0.3) is 0 Å². The van der Waals surface area contributed by atoms with E-state index < -0.39 is 5.97 Å². The van der Waals surface area contributed by atoms with Gasteiger partial charge in [-0.2, -0.15) is 0 Å². The van der Waals surface area contributed by atoms with Crippen LogP contribution in [0.4, 0.5) is 0 Å². The maximum Gasteiger partial charge on any atom is 0.371 e. The minimum absolute atomic E-state index is 0.0367. The monoisotopic (exact) mass is 323 g/mol. The molecule has 0 saturated heterocycles. The zero-order chi connectivity index (χ0) is 13.8. The standard InChI is InChI=1S/C14H14BrNO3/c1-9(11-4-2-3-5-12(11)15)16-8-10-6-7-13(19-10)14(17)18/h2-7,9,16H,8H2,1H3,(H,17,18)/t9-/m1/s1. The van der Waals surface area contributed by atoms with Gasteiger partial charge >= 0.3 is 5.97 Å². The summed E-state index contributed by atoms with van der Waals surface area (Å²) in [5.74, 6) is -0.480. The van der Waals surface area contributed by atoms with Crippen LogP contribution in [0, 0.1) is 0 Å². The molecule has 2 rings (SSSR count). The van der Waals surface area contributed by atoms with Gasteiger partial charge in [0.1, 0.15) is 5.76 Å². The molecule has 0 unspecified atom stereocenters. The van der Waals surface area contributed by atoms with Gasteiger partial charge in [0, 0.05) is 10.5 Å². The van der Waals surface area contributed by atoms with Crippen molar-refractivity contribution in [3.05, 3.63) is 58.0 Å². The number of benzene rings is 1. The van der Waals surface area contributed by atoms with Crippen LogP contribution in [0.1, 0.15) is 34.8 Å². The highest BCUT2D eigenvalue weighted by atomic mass is 79.9. The van der Waals surface area contributed by atoms with Crippen molar-refractivity contribution in [2.45, 2.75) is 19.5 Å². The summed E-state index contributed by atoms with van der Waals surface area (Å²) in [4.78, 5) is 10.7. The van der Waals surface area contributed by atoms with Crippen LogP contribution in [-0.2, 0) is 6.54 Å². The lowest BCUT2D eigenvalue weighted by molar-refractivity contribution is 0.0660. The molecule has 100 valence electrons. The Hall–Kier alpha value is -1.59. The molecule has 0 aliphatic heterocycles. The second-order valence-corrected chi connectivity index (χ2v) is 5.05. The van der Waals surface area contributed by atoms with Crippen molar-refractivity contribution in [2.75, 3.05) is 0 Å². The van der Waals surface area contributed by atoms with Crippen LogP contribution < -0.4 is 5.32 Å². The van der Waals surface area contributed by atoms with Gasteiger partial charge in [-0.25, -0.2) is 4.79 Å². The maximum absolute atomic E-state index is 10.7. The van der Waals surface area contributed by atoms with Gasteiger partial charge in [0.2, 0.25) is 5.76 Å². The Morgan fingerprint density at radius 1 is 1.37 bits per heavy atom. The number of nitrogens with one attached hydrogen (secondary N) is 1. The van der Waals surface area contributed by atoms with E-state index in [9.17, 15) is 4.79 Å². The van der Waals surface area contributed by atoms with Gasteiger partial charge in [-0.15, -0.1) is 0 Å². The lowest BCUT2D eigenvalue weighted by Gasteiger charge is -2.14. The van der Waals surface area contributed by atoms with E-state index in [1.807, 2.05) is 31.2 Å². The quantitative estimate of drug-likeness (QED) is 0.882. The molecule has 1 atom stereocenters. The van der Waals surface area contributed by atoms with Gasteiger partial charge in [-0.05, 0) is 30.7 Å². The topological polar surface area (TPSA) is 62.5 Å². The Balaban J connectivity index is 1.98. The molecule has 19 heavy (non-hydrogen) atoms. The van der Waals surface area contributed by atoms with Gasteiger partial charge in [0.15, 0.2) is 0 Å². The number of carboxylic acids is 1. The van der Waals surface area contributed by atoms with Gasteiger partial charge in [-0.3, -0.25) is 0 Å². The molecule has 0 amide bonds. The third kappa shape index (κ3) is 3.45. The summed E-state index contributed by atoms with van der Waals surface area (Å²) >= 11 is 3.51.